The molecule has 1 aromatic rings. The van der Waals surface area contributed by atoms with Crippen molar-refractivity contribution in [2.24, 2.45) is 11.7 Å². The molecule has 2 atom stereocenters. The van der Waals surface area contributed by atoms with Gasteiger partial charge in [0.25, 0.3) is 0 Å². The topological polar surface area (TPSA) is 29.3 Å². The predicted octanol–water partition coefficient (Wildman–Crippen LogP) is 2.95. The molecule has 1 saturated heterocycles. The average molecular weight is 250 g/mol. The molecule has 0 radical (unpaired) electrons. The fraction of sp³-hybridized carbons (Fsp3) is 0.600. The largest absolute Gasteiger partial charge is 0.368 e. The lowest BCUT2D eigenvalue weighted by atomic mass is 9.91. The minimum absolute atomic E-state index is 0.122. The highest BCUT2D eigenvalue weighted by Crippen LogP contribution is 2.32. The van der Waals surface area contributed by atoms with Crippen LogP contribution in [0.15, 0.2) is 18.2 Å². The Hall–Kier alpha value is -1.09. The molecule has 1 heterocycles. The van der Waals surface area contributed by atoms with Crippen molar-refractivity contribution < 1.29 is 4.39 Å². The van der Waals surface area contributed by atoms with Gasteiger partial charge in [0.2, 0.25) is 0 Å². The summed E-state index contributed by atoms with van der Waals surface area (Å²) in [5, 5.41) is 0. The molecule has 1 aliphatic heterocycles. The highest BCUT2D eigenvalue weighted by atomic mass is 19.1. The van der Waals surface area contributed by atoms with Crippen LogP contribution in [0.25, 0.3) is 0 Å². The van der Waals surface area contributed by atoms with Crippen LogP contribution < -0.4 is 10.6 Å². The van der Waals surface area contributed by atoms with Crippen LogP contribution in [0, 0.1) is 11.7 Å². The van der Waals surface area contributed by atoms with Crippen molar-refractivity contribution in [3.63, 3.8) is 0 Å². The molecule has 1 fully saturated rings. The van der Waals surface area contributed by atoms with Gasteiger partial charge in [-0.25, -0.2) is 4.39 Å². The maximum Gasteiger partial charge on any atom is 0.128 e. The molecule has 0 bridgehead atoms. The molecular formula is C15H23FN2. The Morgan fingerprint density at radius 3 is 2.89 bits per heavy atom. The number of hydrogen-bond acceptors (Lipinski definition) is 2. The first-order chi connectivity index (χ1) is 8.65. The highest BCUT2D eigenvalue weighted by molar-refractivity contribution is 5.55. The van der Waals surface area contributed by atoms with E-state index in [1.54, 1.807) is 6.07 Å². The van der Waals surface area contributed by atoms with E-state index < -0.39 is 0 Å². The van der Waals surface area contributed by atoms with Gasteiger partial charge in [0.15, 0.2) is 0 Å². The van der Waals surface area contributed by atoms with Gasteiger partial charge in [-0.15, -0.1) is 0 Å². The van der Waals surface area contributed by atoms with Gasteiger partial charge < -0.3 is 10.6 Å². The number of nitrogens with zero attached hydrogens (tertiary/aromatic N) is 1. The number of nitrogens with two attached hydrogens (primary N) is 1. The molecule has 2 N–H and O–H groups in total. The van der Waals surface area contributed by atoms with Crippen molar-refractivity contribution in [2.75, 3.05) is 18.0 Å². The van der Waals surface area contributed by atoms with Crippen LogP contribution in [0.4, 0.5) is 10.1 Å². The highest BCUT2D eigenvalue weighted by Gasteiger charge is 2.26. The van der Waals surface area contributed by atoms with E-state index in [0.29, 0.717) is 24.9 Å². The molecule has 0 saturated carbocycles. The molecule has 1 aromatic carbocycles. The zero-order valence-electron chi connectivity index (χ0n) is 11.3. The Balaban J connectivity index is 2.34. The van der Waals surface area contributed by atoms with Crippen molar-refractivity contribution in [3.8, 4) is 0 Å². The number of benzene rings is 1. The molecule has 1 aliphatic rings. The average Bonchev–Trinajstić information content (AvgIpc) is 2.36. The Kier molecular flexibility index (Phi) is 4.23. The number of halogens is 1. The molecule has 2 rings (SSSR count). The summed E-state index contributed by atoms with van der Waals surface area (Å²) in [4.78, 5) is 2.35. The lowest BCUT2D eigenvalue weighted by molar-refractivity contribution is 0.362. The number of anilines is 1. The van der Waals surface area contributed by atoms with E-state index >= 15 is 0 Å². The third-order valence-electron chi connectivity index (χ3n) is 4.17. The van der Waals surface area contributed by atoms with E-state index in [9.17, 15) is 4.39 Å². The van der Waals surface area contributed by atoms with Crippen molar-refractivity contribution in [3.05, 3.63) is 29.6 Å². The second kappa shape index (κ2) is 5.70. The summed E-state index contributed by atoms with van der Waals surface area (Å²) in [5.74, 6) is 0.538. The minimum Gasteiger partial charge on any atom is -0.368 e. The molecule has 2 unspecified atom stereocenters. The van der Waals surface area contributed by atoms with Crippen LogP contribution in [0.5, 0.6) is 0 Å². The smallest absolute Gasteiger partial charge is 0.128 e. The summed E-state index contributed by atoms with van der Waals surface area (Å²) in [6.07, 6.45) is 3.06. The summed E-state index contributed by atoms with van der Waals surface area (Å²) < 4.78 is 13.9. The minimum atomic E-state index is -0.122. The summed E-state index contributed by atoms with van der Waals surface area (Å²) >= 11 is 0. The van der Waals surface area contributed by atoms with Gasteiger partial charge in [0.1, 0.15) is 5.82 Å². The Morgan fingerprint density at radius 2 is 2.17 bits per heavy atom. The van der Waals surface area contributed by atoms with Gasteiger partial charge in [-0.3, -0.25) is 0 Å². The quantitative estimate of drug-likeness (QED) is 0.893. The maximum absolute atomic E-state index is 13.9. The lowest BCUT2D eigenvalue weighted by Crippen LogP contribution is -2.43. The van der Waals surface area contributed by atoms with Crippen LogP contribution in [-0.4, -0.2) is 19.1 Å². The number of piperidine rings is 1. The zero-order valence-corrected chi connectivity index (χ0v) is 11.3. The molecular weight excluding hydrogens is 227 g/mol. The Labute approximate surface area is 109 Å². The number of hydrogen-bond donors (Lipinski definition) is 1. The van der Waals surface area contributed by atoms with E-state index in [-0.39, 0.29) is 5.82 Å². The molecule has 0 aromatic heterocycles. The second-order valence-corrected chi connectivity index (χ2v) is 5.33. The van der Waals surface area contributed by atoms with Crippen molar-refractivity contribution in [2.45, 2.75) is 39.2 Å². The lowest BCUT2D eigenvalue weighted by Gasteiger charge is -2.40. The second-order valence-electron chi connectivity index (χ2n) is 5.33. The number of rotatable bonds is 3. The van der Waals surface area contributed by atoms with E-state index in [4.69, 9.17) is 5.73 Å². The van der Waals surface area contributed by atoms with Crippen LogP contribution in [-0.2, 0) is 6.42 Å². The van der Waals surface area contributed by atoms with Gasteiger partial charge >= 0.3 is 0 Å². The SMILES string of the molecule is CC1CCCN(c2cccc(F)c2CCN)C1C. The summed E-state index contributed by atoms with van der Waals surface area (Å²) in [6.45, 7) is 6.03. The van der Waals surface area contributed by atoms with Gasteiger partial charge in [0.05, 0.1) is 0 Å². The molecule has 0 aliphatic carbocycles. The fourth-order valence-electron chi connectivity index (χ4n) is 2.88. The molecule has 18 heavy (non-hydrogen) atoms. The summed E-state index contributed by atoms with van der Waals surface area (Å²) in [6, 6.07) is 5.84. The third-order valence-corrected chi connectivity index (χ3v) is 4.17. The van der Waals surface area contributed by atoms with Gasteiger partial charge in [0, 0.05) is 23.8 Å². The van der Waals surface area contributed by atoms with Gasteiger partial charge in [-0.2, -0.15) is 0 Å². The van der Waals surface area contributed by atoms with E-state index in [1.807, 2.05) is 6.07 Å². The van der Waals surface area contributed by atoms with E-state index in [2.05, 4.69) is 18.7 Å². The molecule has 0 spiro atoms. The van der Waals surface area contributed by atoms with E-state index in [1.165, 1.54) is 18.9 Å². The molecule has 100 valence electrons. The normalized spacial score (nSPS) is 24.3. The first-order valence-corrected chi connectivity index (χ1v) is 6.89. The van der Waals surface area contributed by atoms with Crippen molar-refractivity contribution in [1.29, 1.82) is 0 Å². The predicted molar refractivity (Wildman–Crippen MR) is 74.4 cm³/mol. The standard InChI is InChI=1S/C15H23FN2/c1-11-5-4-10-18(12(11)2)15-7-3-6-14(16)13(15)8-9-17/h3,6-7,11-12H,4-5,8-10,17H2,1-2H3. The maximum atomic E-state index is 13.9. The Morgan fingerprint density at radius 1 is 1.39 bits per heavy atom. The molecule has 2 nitrogen and oxygen atoms in total. The van der Waals surface area contributed by atoms with Crippen LogP contribution in [0.3, 0.4) is 0 Å². The first kappa shape index (κ1) is 13.3. The van der Waals surface area contributed by atoms with Crippen LogP contribution >= 0.6 is 0 Å². The van der Waals surface area contributed by atoms with Gasteiger partial charge in [-0.1, -0.05) is 13.0 Å². The Bertz CT molecular complexity index is 405. The van der Waals surface area contributed by atoms with Crippen molar-refractivity contribution >= 4 is 5.69 Å². The fourth-order valence-corrected chi connectivity index (χ4v) is 2.88. The molecule has 0 amide bonds. The van der Waals surface area contributed by atoms with Gasteiger partial charge in [-0.05, 0) is 50.8 Å². The third kappa shape index (κ3) is 2.51. The molecule has 3 heteroatoms. The van der Waals surface area contributed by atoms with Crippen LogP contribution in [0.1, 0.15) is 32.3 Å². The first-order valence-electron chi connectivity index (χ1n) is 6.89. The zero-order chi connectivity index (χ0) is 13.1. The summed E-state index contributed by atoms with van der Waals surface area (Å²) in [7, 11) is 0. The monoisotopic (exact) mass is 250 g/mol. The summed E-state index contributed by atoms with van der Waals surface area (Å²) in [5.41, 5.74) is 7.42. The van der Waals surface area contributed by atoms with Crippen molar-refractivity contribution in [1.82, 2.24) is 0 Å². The van der Waals surface area contributed by atoms with E-state index in [0.717, 1.165) is 17.8 Å². The van der Waals surface area contributed by atoms with Crippen LogP contribution in [0.2, 0.25) is 0 Å².